The standard InChI is InChI=1S/C36H28N4O4S3.C7H8/c41-29(20-23-10-4-1-5-11-23)39-30-33(42)40-31(35(43)44-32(25-12-6-2-7-13-25)26-14-8-3-9-15-26)28(22-45-34(30)40)47-36-38-27(21-46-36)24-16-18-37-19-17-24;1-7-5-3-2-4-6-7/h1-19,21,30,32,34H,20,22H2,(H,39,41);2-6H,1H3. The van der Waals surface area contributed by atoms with E-state index in [1.54, 1.807) is 12.4 Å². The SMILES string of the molecule is Cc1ccccc1.O=C(Cc1ccccc1)NC1C(=O)N2C(C(=O)OC(c3ccccc3)c3ccccc3)=C(Sc3nc(-c4ccncc4)cs3)CSC12. The van der Waals surface area contributed by atoms with Crippen molar-refractivity contribution < 1.29 is 19.1 Å². The highest BCUT2D eigenvalue weighted by Crippen LogP contribution is 2.47. The summed E-state index contributed by atoms with van der Waals surface area (Å²) in [6.07, 6.45) is 2.91. The maximum Gasteiger partial charge on any atom is 0.356 e. The fourth-order valence-electron chi connectivity index (χ4n) is 6.01. The van der Waals surface area contributed by atoms with Gasteiger partial charge in [0.2, 0.25) is 5.91 Å². The number of carbonyl (C=O) groups is 3. The van der Waals surface area contributed by atoms with Gasteiger partial charge in [0.25, 0.3) is 5.91 Å². The van der Waals surface area contributed by atoms with Gasteiger partial charge in [0.05, 0.1) is 12.1 Å². The summed E-state index contributed by atoms with van der Waals surface area (Å²) in [6.45, 7) is 2.08. The van der Waals surface area contributed by atoms with Crippen LogP contribution in [0.1, 0.15) is 28.4 Å². The highest BCUT2D eigenvalue weighted by atomic mass is 32.2. The molecule has 1 fully saturated rings. The zero-order chi connectivity index (χ0) is 37.3. The first-order valence-corrected chi connectivity index (χ1v) is 20.1. The average molecular weight is 769 g/mol. The Morgan fingerprint density at radius 1 is 0.852 bits per heavy atom. The quantitative estimate of drug-likeness (QED) is 0.109. The molecule has 11 heteroatoms. The Kier molecular flexibility index (Phi) is 12.0. The number of hydrogen-bond acceptors (Lipinski definition) is 9. The van der Waals surface area contributed by atoms with Gasteiger partial charge < -0.3 is 10.1 Å². The third-order valence-corrected chi connectivity index (χ3v) is 12.2. The van der Waals surface area contributed by atoms with Gasteiger partial charge in [0, 0.05) is 34.0 Å². The molecule has 1 N–H and O–H groups in total. The lowest BCUT2D eigenvalue weighted by atomic mass is 10.0. The molecule has 4 heterocycles. The van der Waals surface area contributed by atoms with Crippen LogP contribution >= 0.6 is 34.9 Å². The maximum atomic E-state index is 14.3. The predicted molar refractivity (Wildman–Crippen MR) is 215 cm³/mol. The van der Waals surface area contributed by atoms with E-state index in [0.717, 1.165) is 32.3 Å². The first-order valence-electron chi connectivity index (χ1n) is 17.3. The molecule has 2 unspecified atom stereocenters. The molecule has 1 saturated heterocycles. The van der Waals surface area contributed by atoms with Crippen molar-refractivity contribution in [2.45, 2.75) is 35.2 Å². The lowest BCUT2D eigenvalue weighted by Gasteiger charge is -2.49. The molecule has 0 bridgehead atoms. The van der Waals surface area contributed by atoms with E-state index >= 15 is 0 Å². The van der Waals surface area contributed by atoms with Crippen molar-refractivity contribution in [2.75, 3.05) is 5.75 Å². The van der Waals surface area contributed by atoms with Crippen LogP contribution in [0, 0.1) is 6.92 Å². The Hall–Kier alpha value is -5.49. The van der Waals surface area contributed by atoms with Gasteiger partial charge in [-0.2, -0.15) is 0 Å². The molecule has 8 rings (SSSR count). The van der Waals surface area contributed by atoms with Gasteiger partial charge in [0.1, 0.15) is 17.1 Å². The van der Waals surface area contributed by atoms with E-state index in [1.807, 2.05) is 127 Å². The Labute approximate surface area is 326 Å². The molecule has 0 saturated carbocycles. The van der Waals surface area contributed by atoms with Gasteiger partial charge in [-0.3, -0.25) is 19.5 Å². The number of pyridine rings is 1. The number of thioether (sulfide) groups is 2. The number of aromatic nitrogens is 2. The minimum absolute atomic E-state index is 0.160. The average Bonchev–Trinajstić information content (AvgIpc) is 3.69. The number of aryl methyl sites for hydroxylation is 1. The smallest absolute Gasteiger partial charge is 0.356 e. The van der Waals surface area contributed by atoms with Crippen molar-refractivity contribution in [3.05, 3.63) is 184 Å². The second kappa shape index (κ2) is 17.6. The van der Waals surface area contributed by atoms with Crippen molar-refractivity contribution in [2.24, 2.45) is 0 Å². The summed E-state index contributed by atoms with van der Waals surface area (Å²) in [4.78, 5) is 52.0. The summed E-state index contributed by atoms with van der Waals surface area (Å²) in [6, 6.07) is 41.8. The number of fused-ring (bicyclic) bond motifs is 1. The summed E-state index contributed by atoms with van der Waals surface area (Å²) in [5, 5.41) is 4.43. The fraction of sp³-hybridized carbons (Fsp3) is 0.140. The van der Waals surface area contributed by atoms with Crippen LogP contribution < -0.4 is 5.32 Å². The number of nitrogens with zero attached hydrogens (tertiary/aromatic N) is 3. The molecule has 0 radical (unpaired) electrons. The van der Waals surface area contributed by atoms with Gasteiger partial charge in [-0.15, -0.1) is 23.1 Å². The number of nitrogens with one attached hydrogen (secondary N) is 1. The number of carbonyl (C=O) groups excluding carboxylic acids is 3. The monoisotopic (exact) mass is 768 g/mol. The highest BCUT2D eigenvalue weighted by molar-refractivity contribution is 8.07. The van der Waals surface area contributed by atoms with Crippen LogP contribution in [-0.2, 0) is 25.5 Å². The Bertz CT molecular complexity index is 2180. The summed E-state index contributed by atoms with van der Waals surface area (Å²) in [7, 11) is 0. The molecule has 6 aromatic rings. The van der Waals surface area contributed by atoms with Crippen molar-refractivity contribution in [3.8, 4) is 11.3 Å². The molecule has 2 amide bonds. The number of benzene rings is 4. The largest absolute Gasteiger partial charge is 0.448 e. The fourth-order valence-corrected chi connectivity index (χ4v) is 9.47. The van der Waals surface area contributed by atoms with Crippen LogP contribution in [0.15, 0.2) is 166 Å². The van der Waals surface area contributed by atoms with Crippen LogP contribution in [0.25, 0.3) is 11.3 Å². The summed E-state index contributed by atoms with van der Waals surface area (Å²) in [5.41, 5.74) is 5.74. The molecular weight excluding hydrogens is 733 g/mol. The number of hydrogen-bond donors (Lipinski definition) is 1. The Morgan fingerprint density at radius 2 is 1.44 bits per heavy atom. The normalized spacial score (nSPS) is 16.1. The number of thiazole rings is 1. The molecule has 2 aliphatic rings. The van der Waals surface area contributed by atoms with E-state index in [1.165, 1.54) is 45.3 Å². The van der Waals surface area contributed by atoms with Crippen molar-refractivity contribution in [1.29, 1.82) is 0 Å². The number of ether oxygens (including phenoxy) is 1. The molecule has 2 aromatic heterocycles. The predicted octanol–water partition coefficient (Wildman–Crippen LogP) is 8.48. The van der Waals surface area contributed by atoms with Crippen LogP contribution in [-0.4, -0.2) is 49.8 Å². The third kappa shape index (κ3) is 8.82. The molecule has 270 valence electrons. The van der Waals surface area contributed by atoms with E-state index in [2.05, 4.69) is 29.4 Å². The van der Waals surface area contributed by atoms with Crippen LogP contribution in [0.3, 0.4) is 0 Å². The highest BCUT2D eigenvalue weighted by Gasteiger charge is 2.55. The minimum Gasteiger partial charge on any atom is -0.448 e. The van der Waals surface area contributed by atoms with Gasteiger partial charge in [-0.1, -0.05) is 139 Å². The lowest BCUT2D eigenvalue weighted by molar-refractivity contribution is -0.154. The van der Waals surface area contributed by atoms with Gasteiger partial charge in [-0.05, 0) is 35.7 Å². The first-order chi connectivity index (χ1) is 26.4. The van der Waals surface area contributed by atoms with E-state index in [0.29, 0.717) is 10.7 Å². The molecule has 54 heavy (non-hydrogen) atoms. The Morgan fingerprint density at radius 3 is 2.04 bits per heavy atom. The van der Waals surface area contributed by atoms with Crippen molar-refractivity contribution >= 4 is 52.6 Å². The van der Waals surface area contributed by atoms with Crippen LogP contribution in [0.2, 0.25) is 0 Å². The number of esters is 1. The molecule has 2 atom stereocenters. The van der Waals surface area contributed by atoms with Crippen molar-refractivity contribution in [1.82, 2.24) is 20.2 Å². The van der Waals surface area contributed by atoms with E-state index < -0.39 is 23.5 Å². The lowest BCUT2D eigenvalue weighted by Crippen LogP contribution is -2.70. The first kappa shape index (κ1) is 36.9. The number of rotatable bonds is 10. The van der Waals surface area contributed by atoms with E-state index in [9.17, 15) is 14.4 Å². The number of amides is 2. The van der Waals surface area contributed by atoms with Gasteiger partial charge >= 0.3 is 5.97 Å². The van der Waals surface area contributed by atoms with Crippen LogP contribution in [0.4, 0.5) is 0 Å². The zero-order valence-corrected chi connectivity index (χ0v) is 31.7. The molecule has 0 spiro atoms. The van der Waals surface area contributed by atoms with E-state index in [4.69, 9.17) is 9.72 Å². The molecule has 2 aliphatic heterocycles. The molecule has 0 aliphatic carbocycles. The maximum absolute atomic E-state index is 14.3. The topological polar surface area (TPSA) is 101 Å². The van der Waals surface area contributed by atoms with Crippen molar-refractivity contribution in [3.63, 3.8) is 0 Å². The van der Waals surface area contributed by atoms with E-state index in [-0.39, 0.29) is 23.9 Å². The summed E-state index contributed by atoms with van der Waals surface area (Å²) < 4.78 is 7.01. The van der Waals surface area contributed by atoms with Crippen LogP contribution in [0.5, 0.6) is 0 Å². The molecular formula is C43H36N4O4S3. The Balaban J connectivity index is 0.000000579. The zero-order valence-electron chi connectivity index (χ0n) is 29.3. The minimum atomic E-state index is -0.747. The second-order valence-electron chi connectivity index (χ2n) is 12.5. The summed E-state index contributed by atoms with van der Waals surface area (Å²) >= 11 is 4.34. The van der Waals surface area contributed by atoms with Gasteiger partial charge in [0.15, 0.2) is 10.4 Å². The van der Waals surface area contributed by atoms with Gasteiger partial charge in [-0.25, -0.2) is 9.78 Å². The number of β-lactam (4-membered cyclic amide) rings is 1. The molecule has 4 aromatic carbocycles. The molecule has 8 nitrogen and oxygen atoms in total. The second-order valence-corrected chi connectivity index (χ2v) is 15.8. The summed E-state index contributed by atoms with van der Waals surface area (Å²) in [5.74, 6) is -0.757. The third-order valence-electron chi connectivity index (χ3n) is 8.69.